The number of carbonyl (C=O) groups is 4. The Morgan fingerprint density at radius 3 is 2.59 bits per heavy atom. The van der Waals surface area contributed by atoms with E-state index in [-0.39, 0.29) is 0 Å². The third-order valence-corrected chi connectivity index (χ3v) is 4.20. The molecule has 1 saturated heterocycles. The van der Waals surface area contributed by atoms with Gasteiger partial charge in [-0.25, -0.2) is 13.6 Å². The maximum Gasteiger partial charge on any atom is 0.327 e. The first-order valence-electron chi connectivity index (χ1n) is 8.17. The van der Waals surface area contributed by atoms with Crippen molar-refractivity contribution in [1.82, 2.24) is 10.2 Å². The Hall–Kier alpha value is -3.04. The first-order valence-corrected chi connectivity index (χ1v) is 8.17. The molecule has 10 heteroatoms. The van der Waals surface area contributed by atoms with Crippen molar-refractivity contribution in [3.8, 4) is 0 Å². The van der Waals surface area contributed by atoms with Crippen molar-refractivity contribution in [1.29, 1.82) is 0 Å². The number of esters is 1. The van der Waals surface area contributed by atoms with Crippen molar-refractivity contribution < 1.29 is 32.7 Å². The summed E-state index contributed by atoms with van der Waals surface area (Å²) in [6.07, 6.45) is -1.03. The lowest BCUT2D eigenvalue weighted by Crippen LogP contribution is -2.44. The van der Waals surface area contributed by atoms with Gasteiger partial charge in [-0.2, -0.15) is 0 Å². The molecule has 2 rings (SSSR count). The predicted octanol–water partition coefficient (Wildman–Crippen LogP) is 1.56. The van der Waals surface area contributed by atoms with E-state index in [1.54, 1.807) is 6.92 Å². The molecule has 1 aliphatic heterocycles. The summed E-state index contributed by atoms with van der Waals surface area (Å²) in [4.78, 5) is 48.7. The van der Waals surface area contributed by atoms with Crippen LogP contribution in [0.4, 0.5) is 19.3 Å². The van der Waals surface area contributed by atoms with Crippen LogP contribution in [0.3, 0.4) is 0 Å². The van der Waals surface area contributed by atoms with Crippen molar-refractivity contribution in [3.05, 3.63) is 29.8 Å². The number of imide groups is 1. The van der Waals surface area contributed by atoms with E-state index in [0.29, 0.717) is 11.3 Å². The van der Waals surface area contributed by atoms with Gasteiger partial charge in [-0.05, 0) is 32.4 Å². The number of hydrogen-bond acceptors (Lipinski definition) is 5. The molecule has 1 aliphatic rings. The van der Waals surface area contributed by atoms with E-state index in [2.05, 4.69) is 10.6 Å². The van der Waals surface area contributed by atoms with E-state index in [1.807, 2.05) is 0 Å². The summed E-state index contributed by atoms with van der Waals surface area (Å²) < 4.78 is 31.5. The van der Waals surface area contributed by atoms with Crippen LogP contribution in [0.15, 0.2) is 18.2 Å². The molecule has 0 saturated carbocycles. The molecule has 0 bridgehead atoms. The molecule has 1 aromatic rings. The van der Waals surface area contributed by atoms with Crippen LogP contribution in [0.25, 0.3) is 0 Å². The summed E-state index contributed by atoms with van der Waals surface area (Å²) in [5.74, 6) is -4.09. The number of urea groups is 1. The third-order valence-electron chi connectivity index (χ3n) is 4.20. The van der Waals surface area contributed by atoms with Gasteiger partial charge in [0, 0.05) is 6.07 Å². The molecule has 2 N–H and O–H groups in total. The molecule has 0 aromatic heterocycles. The number of halogens is 2. The number of nitrogens with zero attached hydrogens (tertiary/aromatic N) is 1. The lowest BCUT2D eigenvalue weighted by Gasteiger charge is -2.19. The number of amides is 4. The molecule has 27 heavy (non-hydrogen) atoms. The molecular weight excluding hydrogens is 364 g/mol. The van der Waals surface area contributed by atoms with Gasteiger partial charge in [0.2, 0.25) is 0 Å². The number of rotatable bonds is 6. The van der Waals surface area contributed by atoms with Crippen molar-refractivity contribution >= 4 is 29.5 Å². The quantitative estimate of drug-likeness (QED) is 0.573. The van der Waals surface area contributed by atoms with Gasteiger partial charge < -0.3 is 15.4 Å². The molecule has 0 radical (unpaired) electrons. The Bertz CT molecular complexity index is 801. The van der Waals surface area contributed by atoms with Gasteiger partial charge in [0.1, 0.15) is 23.7 Å². The third kappa shape index (κ3) is 4.39. The molecule has 2 atom stereocenters. The lowest BCUT2D eigenvalue weighted by atomic mass is 9.99. The summed E-state index contributed by atoms with van der Waals surface area (Å²) in [5.41, 5.74) is -1.51. The fourth-order valence-electron chi connectivity index (χ4n) is 2.37. The average Bonchev–Trinajstić information content (AvgIpc) is 2.81. The topological polar surface area (TPSA) is 105 Å². The number of nitrogens with one attached hydrogen (secondary N) is 2. The fraction of sp³-hybridized carbons (Fsp3) is 0.412. The largest absolute Gasteiger partial charge is 0.451 e. The maximum atomic E-state index is 13.5. The van der Waals surface area contributed by atoms with Crippen LogP contribution in [0, 0.1) is 11.6 Å². The predicted molar refractivity (Wildman–Crippen MR) is 89.5 cm³/mol. The van der Waals surface area contributed by atoms with Gasteiger partial charge >= 0.3 is 12.0 Å². The Kier molecular flexibility index (Phi) is 5.77. The Labute approximate surface area is 153 Å². The molecule has 146 valence electrons. The second-order valence-electron chi connectivity index (χ2n) is 6.25. The Morgan fingerprint density at radius 1 is 1.33 bits per heavy atom. The van der Waals surface area contributed by atoms with Crippen molar-refractivity contribution in [2.45, 2.75) is 38.8 Å². The zero-order chi connectivity index (χ0) is 20.4. The van der Waals surface area contributed by atoms with E-state index in [0.717, 1.165) is 18.2 Å². The summed E-state index contributed by atoms with van der Waals surface area (Å²) in [7, 11) is 0. The van der Waals surface area contributed by atoms with Crippen LogP contribution in [0.1, 0.15) is 27.2 Å². The van der Waals surface area contributed by atoms with Crippen LogP contribution in [0.2, 0.25) is 0 Å². The molecule has 4 amide bonds. The molecule has 2 unspecified atom stereocenters. The number of carbonyl (C=O) groups excluding carboxylic acids is 4. The molecule has 0 aliphatic carbocycles. The van der Waals surface area contributed by atoms with Gasteiger partial charge in [0.25, 0.3) is 11.8 Å². The Morgan fingerprint density at radius 2 is 2.00 bits per heavy atom. The van der Waals surface area contributed by atoms with E-state index < -0.39 is 59.3 Å². The van der Waals surface area contributed by atoms with Gasteiger partial charge in [0.05, 0.1) is 5.69 Å². The second kappa shape index (κ2) is 7.68. The average molecular weight is 383 g/mol. The standard InChI is InChI=1S/C17H19F2N3O5/c1-4-17(3)15(25)22(16(26)21-17)8-13(23)27-9(2)14(24)20-12-7-10(18)5-6-11(12)19/h5-7,9H,4,8H2,1-3H3,(H,20,24)(H,21,26). The normalized spacial score (nSPS) is 20.3. The van der Waals surface area contributed by atoms with Crippen LogP contribution in [-0.2, 0) is 19.1 Å². The SMILES string of the molecule is CCC1(C)NC(=O)N(CC(=O)OC(C)C(=O)Nc2cc(F)ccc2F)C1=O. The van der Waals surface area contributed by atoms with E-state index in [4.69, 9.17) is 4.74 Å². The van der Waals surface area contributed by atoms with Crippen molar-refractivity contribution in [3.63, 3.8) is 0 Å². The monoisotopic (exact) mass is 383 g/mol. The minimum Gasteiger partial charge on any atom is -0.451 e. The number of hydrogen-bond donors (Lipinski definition) is 2. The van der Waals surface area contributed by atoms with Crippen LogP contribution in [0.5, 0.6) is 0 Å². The minimum atomic E-state index is -1.36. The summed E-state index contributed by atoms with van der Waals surface area (Å²) in [6, 6.07) is 1.77. The molecule has 1 fully saturated rings. The first-order chi connectivity index (χ1) is 12.6. The molecule has 0 spiro atoms. The van der Waals surface area contributed by atoms with E-state index >= 15 is 0 Å². The number of ether oxygens (including phenoxy) is 1. The zero-order valence-corrected chi connectivity index (χ0v) is 15.0. The van der Waals surface area contributed by atoms with E-state index in [1.165, 1.54) is 13.8 Å². The minimum absolute atomic E-state index is 0.334. The highest BCUT2D eigenvalue weighted by Gasteiger charge is 2.47. The highest BCUT2D eigenvalue weighted by atomic mass is 19.1. The molecule has 8 nitrogen and oxygen atoms in total. The molecular formula is C17H19F2N3O5. The van der Waals surface area contributed by atoms with E-state index in [9.17, 15) is 28.0 Å². The highest BCUT2D eigenvalue weighted by Crippen LogP contribution is 2.21. The molecule has 1 heterocycles. The van der Waals surface area contributed by atoms with Gasteiger partial charge in [-0.1, -0.05) is 6.92 Å². The maximum absolute atomic E-state index is 13.5. The molecule has 1 aromatic carbocycles. The zero-order valence-electron chi connectivity index (χ0n) is 15.0. The highest BCUT2D eigenvalue weighted by molar-refractivity contribution is 6.08. The number of anilines is 1. The smallest absolute Gasteiger partial charge is 0.327 e. The first kappa shape index (κ1) is 20.3. The van der Waals surface area contributed by atoms with Crippen molar-refractivity contribution in [2.75, 3.05) is 11.9 Å². The lowest BCUT2D eigenvalue weighted by molar-refractivity contribution is -0.155. The Balaban J connectivity index is 1.95. The second-order valence-corrected chi connectivity index (χ2v) is 6.25. The summed E-state index contributed by atoms with van der Waals surface area (Å²) in [5, 5.41) is 4.58. The van der Waals surface area contributed by atoms with Crippen LogP contribution < -0.4 is 10.6 Å². The number of benzene rings is 1. The fourth-order valence-corrected chi connectivity index (χ4v) is 2.37. The van der Waals surface area contributed by atoms with Gasteiger partial charge in [0.15, 0.2) is 6.10 Å². The van der Waals surface area contributed by atoms with Crippen molar-refractivity contribution in [2.24, 2.45) is 0 Å². The summed E-state index contributed by atoms with van der Waals surface area (Å²) >= 11 is 0. The summed E-state index contributed by atoms with van der Waals surface area (Å²) in [6.45, 7) is 3.78. The van der Waals surface area contributed by atoms with Gasteiger partial charge in [-0.15, -0.1) is 0 Å². The van der Waals surface area contributed by atoms with Gasteiger partial charge in [-0.3, -0.25) is 19.3 Å². The van der Waals surface area contributed by atoms with Crippen LogP contribution in [-0.4, -0.2) is 46.9 Å². The van der Waals surface area contributed by atoms with Crippen LogP contribution >= 0.6 is 0 Å².